The molecule has 0 atom stereocenters. The molecule has 56 valence electrons. The molecule has 0 aromatic heterocycles. The largest absolute Gasteiger partial charge is 0.435 e. The lowest BCUT2D eigenvalue weighted by Gasteiger charge is -1.63. The van der Waals surface area contributed by atoms with E-state index in [9.17, 15) is 3.89 Å². The van der Waals surface area contributed by atoms with Gasteiger partial charge in [0.25, 0.3) is 0 Å². The standard InChI is InChI=1S/CH4N2O.FHO3S/c2-1(3)4;1-5(2,3)4/h(H4,2,3,4);(H,2,3,4). The minimum Gasteiger partial charge on any atom is -0.352 e. The molecule has 0 aliphatic heterocycles. The molecule has 6 nitrogen and oxygen atoms in total. The maximum atomic E-state index is 10.2. The monoisotopic (exact) mass is 160 g/mol. The molecule has 0 aliphatic rings. The second kappa shape index (κ2) is 4.04. The van der Waals surface area contributed by atoms with Crippen LogP contribution >= 0.6 is 0 Å². The van der Waals surface area contributed by atoms with Crippen LogP contribution in [0.15, 0.2) is 0 Å². The fourth-order valence-electron chi connectivity index (χ4n) is 0. The van der Waals surface area contributed by atoms with E-state index in [1.807, 2.05) is 0 Å². The van der Waals surface area contributed by atoms with E-state index in [1.54, 1.807) is 0 Å². The van der Waals surface area contributed by atoms with Crippen molar-refractivity contribution in [3.63, 3.8) is 0 Å². The minimum atomic E-state index is -5.17. The van der Waals surface area contributed by atoms with E-state index < -0.39 is 16.5 Å². The maximum absolute atomic E-state index is 10.2. The molecule has 0 aliphatic carbocycles. The quantitative estimate of drug-likeness (QED) is 0.303. The van der Waals surface area contributed by atoms with Crippen molar-refractivity contribution < 1.29 is 21.7 Å². The Kier molecular flexibility index (Phi) is 4.92. The Morgan fingerprint density at radius 3 is 1.44 bits per heavy atom. The summed E-state index contributed by atoms with van der Waals surface area (Å²) >= 11 is 0. The average molecular weight is 160 g/mol. The highest BCUT2D eigenvalue weighted by Gasteiger charge is 1.89. The molecular weight excluding hydrogens is 155 g/mol. The number of hydrogen-bond acceptors (Lipinski definition) is 3. The summed E-state index contributed by atoms with van der Waals surface area (Å²) in [5.74, 6) is 0. The Balaban J connectivity index is 0. The van der Waals surface area contributed by atoms with Crippen LogP contribution in [0.4, 0.5) is 8.68 Å². The van der Waals surface area contributed by atoms with Gasteiger partial charge in [0.1, 0.15) is 0 Å². The zero-order valence-electron chi connectivity index (χ0n) is 4.11. The predicted octanol–water partition coefficient (Wildman–Crippen LogP) is -1.22. The van der Waals surface area contributed by atoms with E-state index in [-0.39, 0.29) is 0 Å². The number of halogens is 1. The van der Waals surface area contributed by atoms with Gasteiger partial charge in [-0.2, -0.15) is 8.42 Å². The lowest BCUT2D eigenvalue weighted by molar-refractivity contribution is 0.256. The van der Waals surface area contributed by atoms with Crippen LogP contribution in [0.1, 0.15) is 0 Å². The fraction of sp³-hybridized carbons (Fsp3) is 0. The first-order valence-electron chi connectivity index (χ1n) is 1.45. The molecule has 8 heteroatoms. The van der Waals surface area contributed by atoms with Crippen molar-refractivity contribution in [3.05, 3.63) is 0 Å². The van der Waals surface area contributed by atoms with Gasteiger partial charge in [0.2, 0.25) is 0 Å². The highest BCUT2D eigenvalue weighted by atomic mass is 32.3. The number of primary amides is 2. The maximum Gasteiger partial charge on any atom is 0.435 e. The van der Waals surface area contributed by atoms with Gasteiger partial charge >= 0.3 is 16.5 Å². The first-order chi connectivity index (χ1) is 3.73. The third-order valence-corrected chi connectivity index (χ3v) is 0. The van der Waals surface area contributed by atoms with E-state index >= 15 is 0 Å². The summed E-state index contributed by atoms with van der Waals surface area (Å²) in [5, 5.41) is 0. The summed E-state index contributed by atoms with van der Waals surface area (Å²) in [6.45, 7) is 0. The minimum absolute atomic E-state index is 0.833. The molecule has 2 amide bonds. The Morgan fingerprint density at radius 2 is 1.44 bits per heavy atom. The van der Waals surface area contributed by atoms with Crippen molar-refractivity contribution in [2.24, 2.45) is 11.5 Å². The second-order valence-corrected chi connectivity index (χ2v) is 1.64. The Morgan fingerprint density at radius 1 is 1.44 bits per heavy atom. The van der Waals surface area contributed by atoms with E-state index in [0.717, 1.165) is 0 Å². The molecule has 0 saturated carbocycles. The summed E-state index contributed by atoms with van der Waals surface area (Å²) in [7, 11) is -5.17. The van der Waals surface area contributed by atoms with Gasteiger partial charge < -0.3 is 11.5 Å². The van der Waals surface area contributed by atoms with E-state index in [1.165, 1.54) is 0 Å². The van der Waals surface area contributed by atoms with Crippen LogP contribution < -0.4 is 11.5 Å². The van der Waals surface area contributed by atoms with Gasteiger partial charge in [-0.3, -0.25) is 4.55 Å². The summed E-state index contributed by atoms with van der Waals surface area (Å²) in [4.78, 5) is 9.00. The highest BCUT2D eigenvalue weighted by molar-refractivity contribution is 7.80. The second-order valence-electron chi connectivity index (χ2n) is 0.814. The Labute approximate surface area is 50.7 Å². The van der Waals surface area contributed by atoms with Gasteiger partial charge in [-0.15, -0.1) is 0 Å². The molecule has 0 aromatic carbocycles. The smallest absolute Gasteiger partial charge is 0.352 e. The number of amides is 2. The first-order valence-corrected chi connectivity index (χ1v) is 2.79. The molecule has 0 unspecified atom stereocenters. The Bertz CT molecular complexity index is 161. The van der Waals surface area contributed by atoms with Gasteiger partial charge in [0.15, 0.2) is 0 Å². The molecule has 0 aromatic rings. The zero-order valence-corrected chi connectivity index (χ0v) is 4.93. The molecule has 0 spiro atoms. The van der Waals surface area contributed by atoms with Crippen molar-refractivity contribution in [1.82, 2.24) is 0 Å². The lowest BCUT2D eigenvalue weighted by Crippen LogP contribution is -2.18. The van der Waals surface area contributed by atoms with Crippen LogP contribution in [0.2, 0.25) is 0 Å². The highest BCUT2D eigenvalue weighted by Crippen LogP contribution is 1.74. The van der Waals surface area contributed by atoms with Crippen LogP contribution in [0.3, 0.4) is 0 Å². The molecule has 0 fully saturated rings. The number of carbonyl (C=O) groups is 1. The van der Waals surface area contributed by atoms with Gasteiger partial charge in [-0.05, 0) is 0 Å². The van der Waals surface area contributed by atoms with Gasteiger partial charge in [-0.25, -0.2) is 4.79 Å². The molecular formula is CH5FN2O4S. The van der Waals surface area contributed by atoms with Crippen molar-refractivity contribution in [2.75, 3.05) is 0 Å². The molecule has 0 heterocycles. The van der Waals surface area contributed by atoms with E-state index in [2.05, 4.69) is 11.5 Å². The summed E-state index contributed by atoms with van der Waals surface area (Å²) < 4.78 is 34.1. The van der Waals surface area contributed by atoms with Crippen LogP contribution in [-0.2, 0) is 10.5 Å². The van der Waals surface area contributed by atoms with Crippen molar-refractivity contribution in [1.29, 1.82) is 0 Å². The molecule has 0 bridgehead atoms. The summed E-state index contributed by atoms with van der Waals surface area (Å²) in [5.41, 5.74) is 8.50. The Hall–Kier alpha value is -0.890. The average Bonchev–Trinajstić information content (AvgIpc) is 1.19. The summed E-state index contributed by atoms with van der Waals surface area (Å²) in [6.07, 6.45) is 0. The van der Waals surface area contributed by atoms with Crippen molar-refractivity contribution >= 4 is 16.5 Å². The van der Waals surface area contributed by atoms with Crippen LogP contribution in [-0.4, -0.2) is 19.0 Å². The van der Waals surface area contributed by atoms with Gasteiger partial charge in [-0.1, -0.05) is 3.89 Å². The normalized spacial score (nSPS) is 9.11. The third kappa shape index (κ3) is 234. The first kappa shape index (κ1) is 11.0. The number of rotatable bonds is 0. The predicted molar refractivity (Wildman–Crippen MR) is 26.4 cm³/mol. The van der Waals surface area contributed by atoms with Crippen molar-refractivity contribution in [3.8, 4) is 0 Å². The SMILES string of the molecule is NC(N)=O.O=S(=O)(O)F. The molecule has 0 rings (SSSR count). The molecule has 9 heavy (non-hydrogen) atoms. The van der Waals surface area contributed by atoms with Gasteiger partial charge in [0, 0.05) is 0 Å². The number of carbonyl (C=O) groups excluding carboxylic acids is 1. The molecule has 0 radical (unpaired) electrons. The number of hydrogen-bond donors (Lipinski definition) is 3. The zero-order chi connectivity index (χ0) is 8.08. The van der Waals surface area contributed by atoms with E-state index in [0.29, 0.717) is 0 Å². The van der Waals surface area contributed by atoms with E-state index in [4.69, 9.17) is 17.8 Å². The van der Waals surface area contributed by atoms with Crippen LogP contribution in [0, 0.1) is 0 Å². The third-order valence-electron chi connectivity index (χ3n) is 0. The lowest BCUT2D eigenvalue weighted by atomic mass is 11.2. The fourth-order valence-corrected chi connectivity index (χ4v) is 0. The van der Waals surface area contributed by atoms with Crippen LogP contribution in [0.25, 0.3) is 0 Å². The van der Waals surface area contributed by atoms with Crippen LogP contribution in [0.5, 0.6) is 0 Å². The summed E-state index contributed by atoms with van der Waals surface area (Å²) in [6, 6.07) is -0.833. The number of urea groups is 1. The molecule has 0 saturated heterocycles. The van der Waals surface area contributed by atoms with Gasteiger partial charge in [0.05, 0.1) is 0 Å². The molecule has 5 N–H and O–H groups in total. The number of nitrogens with two attached hydrogens (primary N) is 2. The topological polar surface area (TPSA) is 123 Å². The van der Waals surface area contributed by atoms with Crippen molar-refractivity contribution in [2.45, 2.75) is 0 Å².